The van der Waals surface area contributed by atoms with Crippen molar-refractivity contribution >= 4 is 5.91 Å². The SMILES string of the molecule is O=C(c1cccc(F)c1F)N1CCn2nc(C(O)c3ccccc3)cc2C1. The third-order valence-electron chi connectivity index (χ3n) is 4.68. The Morgan fingerprint density at radius 3 is 2.63 bits per heavy atom. The van der Waals surface area contributed by atoms with Crippen LogP contribution < -0.4 is 0 Å². The molecule has 0 saturated carbocycles. The van der Waals surface area contributed by atoms with Gasteiger partial charge in [-0.2, -0.15) is 5.10 Å². The molecule has 4 rings (SSSR count). The van der Waals surface area contributed by atoms with E-state index in [9.17, 15) is 18.7 Å². The first-order valence-corrected chi connectivity index (χ1v) is 8.57. The molecule has 0 fully saturated rings. The Bertz CT molecular complexity index is 988. The fraction of sp³-hybridized carbons (Fsp3) is 0.200. The Hall–Kier alpha value is -3.06. The average Bonchev–Trinajstić information content (AvgIpc) is 3.13. The Morgan fingerprint density at radius 1 is 1.07 bits per heavy atom. The van der Waals surface area contributed by atoms with E-state index in [-0.39, 0.29) is 12.1 Å². The molecule has 2 aromatic carbocycles. The number of nitrogens with zero attached hydrogens (tertiary/aromatic N) is 3. The highest BCUT2D eigenvalue weighted by Crippen LogP contribution is 2.24. The molecular weight excluding hydrogens is 352 g/mol. The number of fused-ring (bicyclic) bond motifs is 1. The lowest BCUT2D eigenvalue weighted by atomic mass is 10.1. The van der Waals surface area contributed by atoms with Gasteiger partial charge >= 0.3 is 0 Å². The summed E-state index contributed by atoms with van der Waals surface area (Å²) in [5.74, 6) is -2.75. The van der Waals surface area contributed by atoms with Crippen LogP contribution in [0.3, 0.4) is 0 Å². The summed E-state index contributed by atoms with van der Waals surface area (Å²) in [6.45, 7) is 0.952. The van der Waals surface area contributed by atoms with Crippen molar-refractivity contribution in [1.29, 1.82) is 0 Å². The fourth-order valence-electron chi connectivity index (χ4n) is 3.24. The van der Waals surface area contributed by atoms with Crippen molar-refractivity contribution in [3.63, 3.8) is 0 Å². The molecule has 1 aliphatic rings. The first-order chi connectivity index (χ1) is 13.0. The van der Waals surface area contributed by atoms with Crippen LogP contribution in [0.25, 0.3) is 0 Å². The molecule has 1 aliphatic heterocycles. The van der Waals surface area contributed by atoms with Crippen molar-refractivity contribution in [2.45, 2.75) is 19.2 Å². The number of amides is 1. The maximum absolute atomic E-state index is 13.9. The molecule has 0 bridgehead atoms. The number of aliphatic hydroxyl groups excluding tert-OH is 1. The number of hydrogen-bond donors (Lipinski definition) is 1. The predicted molar refractivity (Wildman–Crippen MR) is 93.8 cm³/mol. The molecule has 7 heteroatoms. The smallest absolute Gasteiger partial charge is 0.257 e. The molecule has 0 saturated heterocycles. The van der Waals surface area contributed by atoms with Gasteiger partial charge in [0.2, 0.25) is 0 Å². The Morgan fingerprint density at radius 2 is 1.85 bits per heavy atom. The normalized spacial score (nSPS) is 14.7. The molecule has 3 aromatic rings. The van der Waals surface area contributed by atoms with Crippen LogP contribution in [0, 0.1) is 11.6 Å². The molecule has 0 aliphatic carbocycles. The van der Waals surface area contributed by atoms with Gasteiger partial charge < -0.3 is 10.0 Å². The van der Waals surface area contributed by atoms with Crippen LogP contribution in [0.1, 0.15) is 33.4 Å². The van der Waals surface area contributed by atoms with Gasteiger partial charge in [0.15, 0.2) is 11.6 Å². The largest absolute Gasteiger partial charge is 0.382 e. The van der Waals surface area contributed by atoms with E-state index in [1.54, 1.807) is 10.7 Å². The number of carbonyl (C=O) groups excluding carboxylic acids is 1. The Labute approximate surface area is 154 Å². The third-order valence-corrected chi connectivity index (χ3v) is 4.68. The zero-order chi connectivity index (χ0) is 19.0. The highest BCUT2D eigenvalue weighted by Gasteiger charge is 2.27. The van der Waals surface area contributed by atoms with Gasteiger partial charge in [0.25, 0.3) is 5.91 Å². The van der Waals surface area contributed by atoms with Crippen LogP contribution in [0.4, 0.5) is 8.78 Å². The van der Waals surface area contributed by atoms with E-state index < -0.39 is 23.6 Å². The van der Waals surface area contributed by atoms with Gasteiger partial charge in [0.1, 0.15) is 6.10 Å². The maximum Gasteiger partial charge on any atom is 0.257 e. The number of rotatable bonds is 3. The van der Waals surface area contributed by atoms with Crippen LogP contribution in [0.2, 0.25) is 0 Å². The van der Waals surface area contributed by atoms with Gasteiger partial charge in [-0.3, -0.25) is 9.48 Å². The molecule has 5 nitrogen and oxygen atoms in total. The molecule has 1 atom stereocenters. The highest BCUT2D eigenvalue weighted by molar-refractivity contribution is 5.94. The number of aliphatic hydroxyl groups is 1. The van der Waals surface area contributed by atoms with Crippen molar-refractivity contribution in [3.05, 3.63) is 88.7 Å². The predicted octanol–water partition coefficient (Wildman–Crippen LogP) is 2.90. The lowest BCUT2D eigenvalue weighted by Crippen LogP contribution is -2.38. The number of carbonyl (C=O) groups is 1. The standard InChI is InChI=1S/C20H17F2N3O2/c21-16-8-4-7-15(18(16)22)20(27)24-9-10-25-14(12-24)11-17(23-25)19(26)13-5-2-1-3-6-13/h1-8,11,19,26H,9-10,12H2. The summed E-state index contributed by atoms with van der Waals surface area (Å²) in [5, 5.41) is 14.9. The molecule has 1 N–H and O–H groups in total. The fourth-order valence-corrected chi connectivity index (χ4v) is 3.24. The molecule has 138 valence electrons. The number of aromatic nitrogens is 2. The Balaban J connectivity index is 1.56. The second-order valence-electron chi connectivity index (χ2n) is 6.42. The van der Waals surface area contributed by atoms with E-state index in [4.69, 9.17) is 0 Å². The lowest BCUT2D eigenvalue weighted by Gasteiger charge is -2.27. The van der Waals surface area contributed by atoms with Crippen LogP contribution in [0.15, 0.2) is 54.6 Å². The third kappa shape index (κ3) is 3.21. The minimum absolute atomic E-state index is 0.212. The minimum atomic E-state index is -1.14. The molecule has 1 unspecified atom stereocenters. The van der Waals surface area contributed by atoms with Crippen LogP contribution in [0.5, 0.6) is 0 Å². The molecule has 1 aromatic heterocycles. The molecule has 27 heavy (non-hydrogen) atoms. The summed E-state index contributed by atoms with van der Waals surface area (Å²) >= 11 is 0. The molecule has 0 spiro atoms. The molecular formula is C20H17F2N3O2. The van der Waals surface area contributed by atoms with Crippen LogP contribution in [-0.4, -0.2) is 32.2 Å². The number of benzene rings is 2. The number of hydrogen-bond acceptors (Lipinski definition) is 3. The van der Waals surface area contributed by atoms with E-state index in [1.807, 2.05) is 30.3 Å². The van der Waals surface area contributed by atoms with E-state index in [1.165, 1.54) is 17.0 Å². The second-order valence-corrected chi connectivity index (χ2v) is 6.42. The summed E-state index contributed by atoms with van der Waals surface area (Å²) in [6, 6.07) is 14.5. The van der Waals surface area contributed by atoms with Crippen molar-refractivity contribution < 1.29 is 18.7 Å². The van der Waals surface area contributed by atoms with Gasteiger partial charge in [-0.1, -0.05) is 36.4 Å². The van der Waals surface area contributed by atoms with Crippen LogP contribution in [-0.2, 0) is 13.1 Å². The van der Waals surface area contributed by atoms with Gasteiger partial charge in [-0.25, -0.2) is 8.78 Å². The molecule has 0 radical (unpaired) electrons. The van der Waals surface area contributed by atoms with Crippen molar-refractivity contribution in [2.24, 2.45) is 0 Å². The van der Waals surface area contributed by atoms with Crippen LogP contribution >= 0.6 is 0 Å². The highest BCUT2D eigenvalue weighted by atomic mass is 19.2. The topological polar surface area (TPSA) is 58.4 Å². The Kier molecular flexibility index (Phi) is 4.45. The molecule has 1 amide bonds. The van der Waals surface area contributed by atoms with E-state index in [0.717, 1.165) is 17.3 Å². The summed E-state index contributed by atoms with van der Waals surface area (Å²) in [7, 11) is 0. The average molecular weight is 369 g/mol. The molecule has 2 heterocycles. The van der Waals surface area contributed by atoms with Gasteiger partial charge in [0.05, 0.1) is 30.0 Å². The minimum Gasteiger partial charge on any atom is -0.382 e. The van der Waals surface area contributed by atoms with Gasteiger partial charge in [-0.05, 0) is 23.8 Å². The lowest BCUT2D eigenvalue weighted by molar-refractivity contribution is 0.0700. The van der Waals surface area contributed by atoms with Gasteiger partial charge in [0, 0.05) is 6.54 Å². The second kappa shape index (κ2) is 6.92. The first-order valence-electron chi connectivity index (χ1n) is 8.57. The zero-order valence-electron chi connectivity index (χ0n) is 14.3. The van der Waals surface area contributed by atoms with E-state index >= 15 is 0 Å². The summed E-state index contributed by atoms with van der Waals surface area (Å²) in [6.07, 6.45) is -0.867. The zero-order valence-corrected chi connectivity index (χ0v) is 14.3. The summed E-state index contributed by atoms with van der Waals surface area (Å²) in [4.78, 5) is 14.0. The first kappa shape index (κ1) is 17.4. The van der Waals surface area contributed by atoms with Crippen molar-refractivity contribution in [2.75, 3.05) is 6.54 Å². The summed E-state index contributed by atoms with van der Waals surface area (Å²) in [5.41, 5.74) is 1.66. The quantitative estimate of drug-likeness (QED) is 0.772. The van der Waals surface area contributed by atoms with Crippen molar-refractivity contribution in [1.82, 2.24) is 14.7 Å². The van der Waals surface area contributed by atoms with E-state index in [0.29, 0.717) is 18.8 Å². The maximum atomic E-state index is 13.9. The summed E-state index contributed by atoms with van der Waals surface area (Å²) < 4.78 is 29.1. The number of halogens is 2. The van der Waals surface area contributed by atoms with Gasteiger partial charge in [-0.15, -0.1) is 0 Å². The van der Waals surface area contributed by atoms with E-state index in [2.05, 4.69) is 5.10 Å². The van der Waals surface area contributed by atoms with Crippen molar-refractivity contribution in [3.8, 4) is 0 Å². The monoisotopic (exact) mass is 369 g/mol.